The number of aromatic nitrogens is 2. The van der Waals surface area contributed by atoms with Gasteiger partial charge in [-0.25, -0.2) is 9.18 Å². The molecule has 0 bridgehead atoms. The average molecular weight is 334 g/mol. The number of nitrogens with zero attached hydrogens (tertiary/aromatic N) is 1. The molecule has 3 atom stereocenters. The zero-order valence-corrected chi connectivity index (χ0v) is 14.1. The second-order valence-corrected chi connectivity index (χ2v) is 6.77. The van der Waals surface area contributed by atoms with E-state index in [1.54, 1.807) is 0 Å². The molecule has 5 nitrogen and oxygen atoms in total. The van der Waals surface area contributed by atoms with Gasteiger partial charge in [0.05, 0.1) is 0 Å². The van der Waals surface area contributed by atoms with Crippen molar-refractivity contribution in [2.24, 2.45) is 11.8 Å². The maximum atomic E-state index is 13.4. The number of unbranched alkanes of at least 4 members (excludes halogenated alkanes) is 1. The molecule has 1 saturated carbocycles. The number of aromatic amines is 1. The molecule has 6 heteroatoms. The van der Waals surface area contributed by atoms with Crippen LogP contribution < -0.4 is 11.2 Å². The van der Waals surface area contributed by atoms with Crippen LogP contribution in [0.15, 0.2) is 20.1 Å². The molecule has 24 heavy (non-hydrogen) atoms. The van der Waals surface area contributed by atoms with Crippen LogP contribution in [-0.4, -0.2) is 9.97 Å². The minimum absolute atomic E-state index is 0.0703. The maximum absolute atomic E-state index is 13.4. The van der Waals surface area contributed by atoms with Gasteiger partial charge in [-0.3, -0.25) is 4.79 Å². The number of halogens is 1. The molecule has 0 aromatic carbocycles. The molecule has 0 aliphatic heterocycles. The molecule has 1 fully saturated rings. The summed E-state index contributed by atoms with van der Waals surface area (Å²) in [6.07, 6.45) is 5.13. The van der Waals surface area contributed by atoms with E-state index in [1.165, 1.54) is 38.7 Å². The van der Waals surface area contributed by atoms with Crippen LogP contribution in [0.2, 0.25) is 0 Å². The highest BCUT2D eigenvalue weighted by Gasteiger charge is 2.35. The Bertz CT molecular complexity index is 840. The van der Waals surface area contributed by atoms with Gasteiger partial charge in [0, 0.05) is 6.07 Å². The van der Waals surface area contributed by atoms with E-state index in [4.69, 9.17) is 4.42 Å². The molecule has 1 aliphatic carbocycles. The predicted molar refractivity (Wildman–Crippen MR) is 89.9 cm³/mol. The van der Waals surface area contributed by atoms with Gasteiger partial charge < -0.3 is 9.40 Å². The van der Waals surface area contributed by atoms with Crippen LogP contribution in [0.25, 0.3) is 11.1 Å². The Morgan fingerprint density at radius 1 is 1.38 bits per heavy atom. The largest absolute Gasteiger partial charge is 0.403 e. The molecule has 1 aliphatic rings. The third kappa shape index (κ3) is 3.57. The Morgan fingerprint density at radius 3 is 2.83 bits per heavy atom. The molecule has 3 unspecified atom stereocenters. The highest BCUT2D eigenvalue weighted by molar-refractivity contribution is 5.75. The van der Waals surface area contributed by atoms with Crippen molar-refractivity contribution in [3.63, 3.8) is 0 Å². The van der Waals surface area contributed by atoms with E-state index < -0.39 is 17.4 Å². The van der Waals surface area contributed by atoms with E-state index in [9.17, 15) is 14.0 Å². The third-order valence-corrected chi connectivity index (χ3v) is 4.87. The number of hydrogen-bond acceptors (Lipinski definition) is 4. The van der Waals surface area contributed by atoms with E-state index >= 15 is 0 Å². The topological polar surface area (TPSA) is 76.0 Å². The van der Waals surface area contributed by atoms with Gasteiger partial charge in [-0.05, 0) is 43.6 Å². The monoisotopic (exact) mass is 334 g/mol. The van der Waals surface area contributed by atoms with Gasteiger partial charge in [-0.15, -0.1) is 0 Å². The van der Waals surface area contributed by atoms with Gasteiger partial charge in [0.15, 0.2) is 6.17 Å². The Balaban J connectivity index is 1.83. The van der Waals surface area contributed by atoms with Gasteiger partial charge in [-0.1, -0.05) is 26.2 Å². The van der Waals surface area contributed by atoms with Crippen LogP contribution in [-0.2, 0) is 6.42 Å². The van der Waals surface area contributed by atoms with Crippen LogP contribution in [0.4, 0.5) is 4.39 Å². The van der Waals surface area contributed by atoms with Gasteiger partial charge in [-0.2, -0.15) is 4.98 Å². The van der Waals surface area contributed by atoms with Gasteiger partial charge in [0.2, 0.25) is 5.71 Å². The summed E-state index contributed by atoms with van der Waals surface area (Å²) in [6, 6.07) is 1.36. The molecular formula is C18H23FN2O3. The fourth-order valence-corrected chi connectivity index (χ4v) is 3.38. The fourth-order valence-electron chi connectivity index (χ4n) is 3.38. The van der Waals surface area contributed by atoms with E-state index in [2.05, 4.69) is 16.9 Å². The summed E-state index contributed by atoms with van der Waals surface area (Å²) in [6.45, 7) is 3.47. The standard InChI is InChI=1S/C18H23FN2O3/c1-3-4-5-11-8-12(11)6-7-13-9-14(22)24-18-15(13)17(23)20-16(21-18)10(2)19/h9-12H,3-8H2,1-2H3,(H,20,21,23). The van der Waals surface area contributed by atoms with Crippen LogP contribution in [0, 0.1) is 11.8 Å². The lowest BCUT2D eigenvalue weighted by atomic mass is 10.0. The molecule has 0 saturated heterocycles. The molecule has 2 heterocycles. The second-order valence-electron chi connectivity index (χ2n) is 6.77. The second kappa shape index (κ2) is 6.87. The quantitative estimate of drug-likeness (QED) is 0.838. The number of fused-ring (bicyclic) bond motifs is 1. The normalized spacial score (nSPS) is 21.1. The summed E-state index contributed by atoms with van der Waals surface area (Å²) in [5.74, 6) is 1.34. The highest BCUT2D eigenvalue weighted by Crippen LogP contribution is 2.45. The van der Waals surface area contributed by atoms with Crippen LogP contribution >= 0.6 is 0 Å². The lowest BCUT2D eigenvalue weighted by Gasteiger charge is -2.06. The third-order valence-electron chi connectivity index (χ3n) is 4.87. The molecular weight excluding hydrogens is 311 g/mol. The van der Waals surface area contributed by atoms with Crippen molar-refractivity contribution in [2.45, 2.75) is 58.5 Å². The summed E-state index contributed by atoms with van der Waals surface area (Å²) in [7, 11) is 0. The molecule has 0 amide bonds. The number of rotatable bonds is 7. The van der Waals surface area contributed by atoms with Crippen molar-refractivity contribution in [3.8, 4) is 0 Å². The molecule has 2 aromatic rings. The molecule has 0 spiro atoms. The Kier molecular flexibility index (Phi) is 4.83. The summed E-state index contributed by atoms with van der Waals surface area (Å²) in [5, 5.41) is 0.268. The van der Waals surface area contributed by atoms with E-state index in [0.29, 0.717) is 17.9 Å². The first kappa shape index (κ1) is 16.9. The van der Waals surface area contributed by atoms with Crippen LogP contribution in [0.5, 0.6) is 0 Å². The first-order chi connectivity index (χ1) is 11.5. The Morgan fingerprint density at radius 2 is 2.12 bits per heavy atom. The first-order valence-corrected chi connectivity index (χ1v) is 8.70. The molecule has 0 radical (unpaired) electrons. The number of alkyl halides is 1. The lowest BCUT2D eigenvalue weighted by Crippen LogP contribution is -2.16. The van der Waals surface area contributed by atoms with E-state index in [1.807, 2.05) is 0 Å². The van der Waals surface area contributed by atoms with Crippen molar-refractivity contribution in [1.82, 2.24) is 9.97 Å². The smallest absolute Gasteiger partial charge is 0.337 e. The zero-order chi connectivity index (χ0) is 17.3. The zero-order valence-electron chi connectivity index (χ0n) is 14.1. The van der Waals surface area contributed by atoms with Crippen molar-refractivity contribution >= 4 is 11.1 Å². The van der Waals surface area contributed by atoms with Crippen molar-refractivity contribution in [1.29, 1.82) is 0 Å². The van der Waals surface area contributed by atoms with Crippen LogP contribution in [0.1, 0.15) is 63.5 Å². The van der Waals surface area contributed by atoms with E-state index in [-0.39, 0.29) is 16.9 Å². The summed E-state index contributed by atoms with van der Waals surface area (Å²) >= 11 is 0. The number of nitrogens with one attached hydrogen (secondary N) is 1. The molecule has 130 valence electrons. The minimum Gasteiger partial charge on any atom is -0.403 e. The Labute approximate surface area is 139 Å². The van der Waals surface area contributed by atoms with Crippen LogP contribution in [0.3, 0.4) is 0 Å². The summed E-state index contributed by atoms with van der Waals surface area (Å²) < 4.78 is 18.4. The highest BCUT2D eigenvalue weighted by atomic mass is 19.1. The number of aryl methyl sites for hydroxylation is 1. The molecule has 3 rings (SSSR count). The van der Waals surface area contributed by atoms with E-state index in [0.717, 1.165) is 12.3 Å². The fraction of sp³-hybridized carbons (Fsp3) is 0.611. The summed E-state index contributed by atoms with van der Waals surface area (Å²) in [5.41, 5.74) is -0.420. The van der Waals surface area contributed by atoms with Crippen molar-refractivity contribution in [2.75, 3.05) is 0 Å². The van der Waals surface area contributed by atoms with Gasteiger partial charge >= 0.3 is 5.63 Å². The van der Waals surface area contributed by atoms with Crippen molar-refractivity contribution in [3.05, 3.63) is 38.2 Å². The summed E-state index contributed by atoms with van der Waals surface area (Å²) in [4.78, 5) is 30.4. The van der Waals surface area contributed by atoms with Crippen molar-refractivity contribution < 1.29 is 8.81 Å². The molecule has 2 aromatic heterocycles. The number of H-pyrrole nitrogens is 1. The van der Waals surface area contributed by atoms with Gasteiger partial charge in [0.25, 0.3) is 5.56 Å². The molecule has 1 N–H and O–H groups in total. The van der Waals surface area contributed by atoms with Gasteiger partial charge in [0.1, 0.15) is 11.2 Å². The lowest BCUT2D eigenvalue weighted by molar-refractivity contribution is 0.355. The maximum Gasteiger partial charge on any atom is 0.337 e. The predicted octanol–water partition coefficient (Wildman–Crippen LogP) is 3.67. The Hall–Kier alpha value is -1.98. The SMILES string of the molecule is CCCCC1CC1CCc1cc(=O)oc2nc(C(C)F)[nH]c(=O)c12. The number of hydrogen-bond donors (Lipinski definition) is 1. The first-order valence-electron chi connectivity index (χ1n) is 8.70. The minimum atomic E-state index is -1.43. The average Bonchev–Trinajstić information content (AvgIpc) is 3.28.